The zero-order chi connectivity index (χ0) is 34.1. The van der Waals surface area contributed by atoms with Gasteiger partial charge in [0.2, 0.25) is 0 Å². The van der Waals surface area contributed by atoms with Crippen molar-refractivity contribution in [1.29, 1.82) is 0 Å². The third kappa shape index (κ3) is 38.4. The molecular weight excluding hydrogens is 580 g/mol. The number of unbranched alkanes of at least 4 members (excludes halogenated alkanes) is 18. The molecule has 0 aromatic heterocycles. The lowest BCUT2D eigenvalue weighted by Gasteiger charge is -2.15. The van der Waals surface area contributed by atoms with E-state index in [0.29, 0.717) is 13.0 Å². The van der Waals surface area contributed by atoms with E-state index in [9.17, 15) is 9.90 Å². The third-order valence-corrected chi connectivity index (χ3v) is 8.33. The van der Waals surface area contributed by atoms with E-state index in [1.165, 1.54) is 96.3 Å². The standard InChI is InChI=1S/C43H76O4/c1-3-5-7-9-11-13-15-17-19-21-23-25-27-29-31-33-35-37-39-46-41-42(40-44)47-43(45)38-36-34-32-30-28-26-24-22-20-18-16-14-12-10-8-6-4-2/h6,8,12,14,17-20,24,26,42,44H,3-5,7,9-11,13,15-16,21-23,25,27-41H2,1-2H3/b8-6-,14-12-,19-17-,20-18-,26-24-. The van der Waals surface area contributed by atoms with Crippen molar-refractivity contribution >= 4 is 5.97 Å². The smallest absolute Gasteiger partial charge is 0.306 e. The van der Waals surface area contributed by atoms with Gasteiger partial charge in [-0.05, 0) is 77.0 Å². The largest absolute Gasteiger partial charge is 0.457 e. The number of hydrogen-bond acceptors (Lipinski definition) is 4. The average molecular weight is 657 g/mol. The van der Waals surface area contributed by atoms with Gasteiger partial charge in [-0.25, -0.2) is 0 Å². The average Bonchev–Trinajstić information content (AvgIpc) is 3.08. The predicted molar refractivity (Wildman–Crippen MR) is 205 cm³/mol. The highest BCUT2D eigenvalue weighted by Gasteiger charge is 2.13. The van der Waals surface area contributed by atoms with E-state index < -0.39 is 6.10 Å². The third-order valence-electron chi connectivity index (χ3n) is 8.33. The van der Waals surface area contributed by atoms with Crippen LogP contribution in [0.4, 0.5) is 0 Å². The molecule has 0 radical (unpaired) electrons. The quantitative estimate of drug-likeness (QED) is 0.0414. The molecule has 4 heteroatoms. The summed E-state index contributed by atoms with van der Waals surface area (Å²) in [5, 5.41) is 9.58. The lowest BCUT2D eigenvalue weighted by atomic mass is 10.1. The number of carbonyl (C=O) groups excluding carboxylic acids is 1. The minimum absolute atomic E-state index is 0.185. The summed E-state index contributed by atoms with van der Waals surface area (Å²) in [4.78, 5) is 12.2. The van der Waals surface area contributed by atoms with Crippen LogP contribution in [0.1, 0.15) is 181 Å². The van der Waals surface area contributed by atoms with Crippen molar-refractivity contribution in [3.8, 4) is 0 Å². The Hall–Kier alpha value is -1.91. The minimum Gasteiger partial charge on any atom is -0.457 e. The van der Waals surface area contributed by atoms with Crippen LogP contribution >= 0.6 is 0 Å². The van der Waals surface area contributed by atoms with Crippen LogP contribution in [0, 0.1) is 0 Å². The highest BCUT2D eigenvalue weighted by molar-refractivity contribution is 5.69. The number of allylic oxidation sites excluding steroid dienone is 10. The summed E-state index contributed by atoms with van der Waals surface area (Å²) in [5.74, 6) is -0.226. The van der Waals surface area contributed by atoms with Gasteiger partial charge in [-0.3, -0.25) is 4.79 Å². The molecule has 0 aromatic carbocycles. The Morgan fingerprint density at radius 3 is 1.47 bits per heavy atom. The number of carbonyl (C=O) groups is 1. The Kier molecular flexibility index (Phi) is 38.6. The summed E-state index contributed by atoms with van der Waals surface area (Å²) in [6, 6.07) is 0. The molecule has 0 spiro atoms. The summed E-state index contributed by atoms with van der Waals surface area (Å²) in [6.07, 6.45) is 52.7. The summed E-state index contributed by atoms with van der Waals surface area (Å²) < 4.78 is 11.1. The number of aliphatic hydroxyl groups excluding tert-OH is 1. The number of esters is 1. The minimum atomic E-state index is -0.550. The topological polar surface area (TPSA) is 55.8 Å². The molecular formula is C43H76O4. The van der Waals surface area contributed by atoms with E-state index in [0.717, 1.165) is 64.2 Å². The Labute approximate surface area is 292 Å². The first-order valence-electron chi connectivity index (χ1n) is 19.9. The van der Waals surface area contributed by atoms with Gasteiger partial charge in [-0.15, -0.1) is 0 Å². The van der Waals surface area contributed by atoms with Gasteiger partial charge < -0.3 is 14.6 Å². The van der Waals surface area contributed by atoms with Crippen LogP contribution in [0.3, 0.4) is 0 Å². The van der Waals surface area contributed by atoms with Crippen LogP contribution in [0.25, 0.3) is 0 Å². The molecule has 0 bridgehead atoms. The van der Waals surface area contributed by atoms with Crippen molar-refractivity contribution in [3.63, 3.8) is 0 Å². The highest BCUT2D eigenvalue weighted by Crippen LogP contribution is 2.12. The highest BCUT2D eigenvalue weighted by atomic mass is 16.6. The Balaban J connectivity index is 3.50. The van der Waals surface area contributed by atoms with Gasteiger partial charge in [0.25, 0.3) is 0 Å². The zero-order valence-corrected chi connectivity index (χ0v) is 31.0. The van der Waals surface area contributed by atoms with E-state index in [2.05, 4.69) is 74.6 Å². The number of rotatable bonds is 36. The molecule has 272 valence electrons. The first-order valence-corrected chi connectivity index (χ1v) is 19.9. The monoisotopic (exact) mass is 657 g/mol. The fraction of sp³-hybridized carbons (Fsp3) is 0.744. The van der Waals surface area contributed by atoms with E-state index in [1.807, 2.05) is 0 Å². The molecule has 0 saturated carbocycles. The molecule has 0 saturated heterocycles. The Bertz CT molecular complexity index is 779. The first-order chi connectivity index (χ1) is 23.2. The van der Waals surface area contributed by atoms with Crippen molar-refractivity contribution in [2.24, 2.45) is 0 Å². The maximum absolute atomic E-state index is 12.2. The molecule has 1 unspecified atom stereocenters. The molecule has 0 aliphatic carbocycles. The van der Waals surface area contributed by atoms with Crippen LogP contribution in [0.15, 0.2) is 60.8 Å². The summed E-state index contributed by atoms with van der Waals surface area (Å²) in [6.45, 7) is 5.19. The molecule has 0 aromatic rings. The van der Waals surface area contributed by atoms with Gasteiger partial charge >= 0.3 is 5.97 Å². The fourth-order valence-electron chi connectivity index (χ4n) is 5.37. The fourth-order valence-corrected chi connectivity index (χ4v) is 5.37. The molecule has 0 rings (SSSR count). The van der Waals surface area contributed by atoms with Crippen molar-refractivity contribution in [2.45, 2.75) is 187 Å². The Morgan fingerprint density at radius 2 is 0.957 bits per heavy atom. The van der Waals surface area contributed by atoms with Crippen molar-refractivity contribution in [2.75, 3.05) is 19.8 Å². The lowest BCUT2D eigenvalue weighted by Crippen LogP contribution is -2.27. The Morgan fingerprint density at radius 1 is 0.532 bits per heavy atom. The van der Waals surface area contributed by atoms with Crippen LogP contribution in [0.5, 0.6) is 0 Å². The van der Waals surface area contributed by atoms with E-state index in [4.69, 9.17) is 9.47 Å². The molecule has 0 amide bonds. The molecule has 4 nitrogen and oxygen atoms in total. The van der Waals surface area contributed by atoms with Gasteiger partial charge in [0.1, 0.15) is 6.10 Å². The molecule has 1 atom stereocenters. The first kappa shape index (κ1) is 45.1. The van der Waals surface area contributed by atoms with Crippen LogP contribution in [0.2, 0.25) is 0 Å². The maximum atomic E-state index is 12.2. The molecule has 0 aliphatic heterocycles. The molecule has 0 heterocycles. The molecule has 0 fully saturated rings. The van der Waals surface area contributed by atoms with E-state index >= 15 is 0 Å². The van der Waals surface area contributed by atoms with Gasteiger partial charge in [0.15, 0.2) is 0 Å². The molecule has 0 aliphatic rings. The number of aliphatic hydroxyl groups is 1. The van der Waals surface area contributed by atoms with E-state index in [1.54, 1.807) is 0 Å². The van der Waals surface area contributed by atoms with Crippen molar-refractivity contribution in [3.05, 3.63) is 60.8 Å². The summed E-state index contributed by atoms with van der Waals surface area (Å²) in [7, 11) is 0. The summed E-state index contributed by atoms with van der Waals surface area (Å²) in [5.41, 5.74) is 0. The van der Waals surface area contributed by atoms with Gasteiger partial charge in [-0.2, -0.15) is 0 Å². The second kappa shape index (κ2) is 40.3. The van der Waals surface area contributed by atoms with Crippen LogP contribution in [-0.4, -0.2) is 37.0 Å². The van der Waals surface area contributed by atoms with Crippen LogP contribution < -0.4 is 0 Å². The molecule has 47 heavy (non-hydrogen) atoms. The van der Waals surface area contributed by atoms with Gasteiger partial charge in [0.05, 0.1) is 13.2 Å². The van der Waals surface area contributed by atoms with Crippen LogP contribution in [-0.2, 0) is 14.3 Å². The SMILES string of the molecule is CC/C=C\C/C=C\C/C=C\C/C=C\CCCCCCC(=O)OC(CO)COCCCCCCCCCC/C=C\CCCCCCCC. The normalized spacial score (nSPS) is 13.0. The second-order valence-electron chi connectivity index (χ2n) is 13.0. The van der Waals surface area contributed by atoms with Gasteiger partial charge in [0, 0.05) is 13.0 Å². The lowest BCUT2D eigenvalue weighted by molar-refractivity contribution is -0.154. The van der Waals surface area contributed by atoms with Gasteiger partial charge in [-0.1, -0.05) is 158 Å². The predicted octanol–water partition coefficient (Wildman–Crippen LogP) is 12.9. The number of ether oxygens (including phenoxy) is 2. The summed E-state index contributed by atoms with van der Waals surface area (Å²) >= 11 is 0. The van der Waals surface area contributed by atoms with Crippen molar-refractivity contribution < 1.29 is 19.4 Å². The van der Waals surface area contributed by atoms with Crippen molar-refractivity contribution in [1.82, 2.24) is 0 Å². The molecule has 1 N–H and O–H groups in total. The number of hydrogen-bond donors (Lipinski definition) is 1. The zero-order valence-electron chi connectivity index (χ0n) is 31.0. The second-order valence-corrected chi connectivity index (χ2v) is 13.0. The maximum Gasteiger partial charge on any atom is 0.306 e. The van der Waals surface area contributed by atoms with E-state index in [-0.39, 0.29) is 19.2 Å².